The van der Waals surface area contributed by atoms with Crippen molar-refractivity contribution in [3.8, 4) is 5.69 Å². The fraction of sp³-hybridized carbons (Fsp3) is 0.474. The number of anilines is 1. The Hall–Kier alpha value is -2.49. The van der Waals surface area contributed by atoms with E-state index in [0.717, 1.165) is 24.8 Å². The van der Waals surface area contributed by atoms with Crippen molar-refractivity contribution in [2.24, 2.45) is 0 Å². The second kappa shape index (κ2) is 8.26. The number of amides is 1. The molecule has 1 N–H and O–H groups in total. The maximum atomic E-state index is 14.6. The van der Waals surface area contributed by atoms with E-state index < -0.39 is 18.0 Å². The van der Waals surface area contributed by atoms with Crippen molar-refractivity contribution in [3.05, 3.63) is 42.0 Å². The van der Waals surface area contributed by atoms with Crippen molar-refractivity contribution in [1.29, 1.82) is 0 Å². The molecule has 150 valence electrons. The van der Waals surface area contributed by atoms with Crippen molar-refractivity contribution in [2.75, 3.05) is 24.7 Å². The molecule has 1 aromatic heterocycles. The van der Waals surface area contributed by atoms with Crippen LogP contribution in [0, 0.1) is 5.82 Å². The molecule has 0 bridgehead atoms. The maximum Gasteiger partial charge on any atom is 0.414 e. The predicted octanol–water partition coefficient (Wildman–Crippen LogP) is 2.37. The van der Waals surface area contributed by atoms with Crippen molar-refractivity contribution >= 4 is 11.8 Å². The topological polar surface area (TPSA) is 86.1 Å². The van der Waals surface area contributed by atoms with E-state index in [1.807, 2.05) is 0 Å². The summed E-state index contributed by atoms with van der Waals surface area (Å²) in [7, 11) is 0. The van der Waals surface area contributed by atoms with Crippen LogP contribution in [0.5, 0.6) is 0 Å². The first kappa shape index (κ1) is 18.9. The SMILES string of the molecule is O=C1OC(CO)CN1c1ccc(-n2cc(COC3CCCCO3)cn2)c(F)c1. The summed E-state index contributed by atoms with van der Waals surface area (Å²) in [6.07, 6.45) is 4.95. The van der Waals surface area contributed by atoms with Gasteiger partial charge in [0, 0.05) is 18.4 Å². The van der Waals surface area contributed by atoms with E-state index in [9.17, 15) is 9.18 Å². The number of aromatic nitrogens is 2. The maximum absolute atomic E-state index is 14.6. The first-order valence-electron chi connectivity index (χ1n) is 9.30. The Bertz CT molecular complexity index is 837. The molecule has 2 aromatic rings. The van der Waals surface area contributed by atoms with Gasteiger partial charge in [-0.05, 0) is 37.5 Å². The van der Waals surface area contributed by atoms with Gasteiger partial charge in [-0.3, -0.25) is 4.90 Å². The van der Waals surface area contributed by atoms with E-state index in [-0.39, 0.29) is 25.1 Å². The number of halogens is 1. The minimum Gasteiger partial charge on any atom is -0.441 e. The molecule has 28 heavy (non-hydrogen) atoms. The summed E-state index contributed by atoms with van der Waals surface area (Å²) in [4.78, 5) is 13.1. The van der Waals surface area contributed by atoms with Crippen molar-refractivity contribution in [1.82, 2.24) is 9.78 Å². The van der Waals surface area contributed by atoms with E-state index in [1.54, 1.807) is 24.5 Å². The van der Waals surface area contributed by atoms with Crippen LogP contribution in [0.3, 0.4) is 0 Å². The molecule has 8 nitrogen and oxygen atoms in total. The highest BCUT2D eigenvalue weighted by Crippen LogP contribution is 2.25. The number of nitrogens with zero attached hydrogens (tertiary/aromatic N) is 3. The molecule has 2 saturated heterocycles. The van der Waals surface area contributed by atoms with Crippen LogP contribution in [0.1, 0.15) is 24.8 Å². The molecule has 0 radical (unpaired) electrons. The van der Waals surface area contributed by atoms with Crippen LogP contribution in [0.2, 0.25) is 0 Å². The molecule has 0 spiro atoms. The van der Waals surface area contributed by atoms with Gasteiger partial charge in [-0.15, -0.1) is 0 Å². The van der Waals surface area contributed by atoms with Crippen molar-refractivity contribution in [2.45, 2.75) is 38.3 Å². The summed E-state index contributed by atoms with van der Waals surface area (Å²) >= 11 is 0. The zero-order valence-electron chi connectivity index (χ0n) is 15.3. The lowest BCUT2D eigenvalue weighted by atomic mass is 10.2. The molecule has 2 fully saturated rings. The number of aliphatic hydroxyl groups excluding tert-OH is 1. The number of hydrogen-bond donors (Lipinski definition) is 1. The fourth-order valence-corrected chi connectivity index (χ4v) is 3.28. The molecular formula is C19H22FN3O5. The summed E-state index contributed by atoms with van der Waals surface area (Å²) in [5, 5.41) is 13.3. The average molecular weight is 391 g/mol. The van der Waals surface area contributed by atoms with Gasteiger partial charge in [-0.1, -0.05) is 0 Å². The zero-order valence-corrected chi connectivity index (χ0v) is 15.3. The van der Waals surface area contributed by atoms with Gasteiger partial charge in [0.15, 0.2) is 12.1 Å². The van der Waals surface area contributed by atoms with E-state index in [1.165, 1.54) is 15.6 Å². The Morgan fingerprint density at radius 2 is 2.25 bits per heavy atom. The lowest BCUT2D eigenvalue weighted by molar-refractivity contribution is -0.168. The number of carbonyl (C=O) groups excluding carboxylic acids is 1. The third-order valence-corrected chi connectivity index (χ3v) is 4.78. The minimum absolute atomic E-state index is 0.181. The highest BCUT2D eigenvalue weighted by molar-refractivity contribution is 5.89. The molecule has 0 saturated carbocycles. The van der Waals surface area contributed by atoms with Crippen LogP contribution in [-0.4, -0.2) is 53.1 Å². The Kier molecular flexibility index (Phi) is 5.56. The summed E-state index contributed by atoms with van der Waals surface area (Å²) in [6.45, 7) is 0.963. The van der Waals surface area contributed by atoms with Crippen LogP contribution in [0.25, 0.3) is 5.69 Å². The number of hydrogen-bond acceptors (Lipinski definition) is 6. The molecule has 9 heteroatoms. The average Bonchev–Trinajstić information content (AvgIpc) is 3.33. The monoisotopic (exact) mass is 391 g/mol. The molecule has 0 aliphatic carbocycles. The molecule has 3 heterocycles. The molecule has 2 aliphatic heterocycles. The Labute approximate surface area is 161 Å². The van der Waals surface area contributed by atoms with E-state index >= 15 is 0 Å². The highest BCUT2D eigenvalue weighted by atomic mass is 19.1. The Balaban J connectivity index is 1.43. The Morgan fingerprint density at radius 3 is 2.96 bits per heavy atom. The van der Waals surface area contributed by atoms with Gasteiger partial charge < -0.3 is 19.3 Å². The van der Waals surface area contributed by atoms with Gasteiger partial charge in [-0.25, -0.2) is 13.9 Å². The van der Waals surface area contributed by atoms with Crippen molar-refractivity contribution in [3.63, 3.8) is 0 Å². The van der Waals surface area contributed by atoms with Crippen LogP contribution in [-0.2, 0) is 20.8 Å². The normalized spacial score (nSPS) is 22.5. The lowest BCUT2D eigenvalue weighted by Crippen LogP contribution is -2.25. The first-order valence-corrected chi connectivity index (χ1v) is 9.30. The molecule has 2 unspecified atom stereocenters. The quantitative estimate of drug-likeness (QED) is 0.814. The predicted molar refractivity (Wildman–Crippen MR) is 96.6 cm³/mol. The van der Waals surface area contributed by atoms with Crippen molar-refractivity contribution < 1.29 is 28.5 Å². The molecule has 4 rings (SSSR count). The standard InChI is InChI=1S/C19H22FN3O5/c20-16-7-14(22-10-15(11-24)28-19(22)25)4-5-17(16)23-9-13(8-21-23)12-27-18-3-1-2-6-26-18/h4-5,7-9,15,18,24H,1-3,6,10-12H2. The van der Waals surface area contributed by atoms with Crippen LogP contribution in [0.15, 0.2) is 30.6 Å². The second-order valence-corrected chi connectivity index (χ2v) is 6.83. The van der Waals surface area contributed by atoms with Gasteiger partial charge in [-0.2, -0.15) is 5.10 Å². The van der Waals surface area contributed by atoms with Gasteiger partial charge in [0.1, 0.15) is 11.8 Å². The van der Waals surface area contributed by atoms with Gasteiger partial charge >= 0.3 is 6.09 Å². The molecule has 2 atom stereocenters. The molecule has 2 aliphatic rings. The fourth-order valence-electron chi connectivity index (χ4n) is 3.28. The first-order chi connectivity index (χ1) is 13.6. The van der Waals surface area contributed by atoms with E-state index in [2.05, 4.69) is 5.10 Å². The third kappa shape index (κ3) is 4.01. The molecule has 1 aromatic carbocycles. The number of ether oxygens (including phenoxy) is 3. The summed E-state index contributed by atoms with van der Waals surface area (Å²) in [5.74, 6) is -0.524. The number of benzene rings is 1. The van der Waals surface area contributed by atoms with Crippen LogP contribution in [0.4, 0.5) is 14.9 Å². The summed E-state index contributed by atoms with van der Waals surface area (Å²) in [6, 6.07) is 4.42. The van der Waals surface area contributed by atoms with Gasteiger partial charge in [0.25, 0.3) is 0 Å². The van der Waals surface area contributed by atoms with Crippen LogP contribution < -0.4 is 4.90 Å². The number of cyclic esters (lactones) is 1. The van der Waals surface area contributed by atoms with Gasteiger partial charge in [0.05, 0.1) is 31.6 Å². The van der Waals surface area contributed by atoms with E-state index in [0.29, 0.717) is 18.9 Å². The molecule has 1 amide bonds. The zero-order chi connectivity index (χ0) is 19.5. The second-order valence-electron chi connectivity index (χ2n) is 6.83. The minimum atomic E-state index is -0.602. The smallest absolute Gasteiger partial charge is 0.414 e. The number of carbonyl (C=O) groups is 1. The summed E-state index contributed by atoms with van der Waals surface area (Å²) < 4.78 is 32.3. The number of rotatable bonds is 6. The summed E-state index contributed by atoms with van der Waals surface area (Å²) in [5.41, 5.74) is 1.44. The van der Waals surface area contributed by atoms with Crippen LogP contribution >= 0.6 is 0 Å². The van der Waals surface area contributed by atoms with Gasteiger partial charge in [0.2, 0.25) is 0 Å². The highest BCUT2D eigenvalue weighted by Gasteiger charge is 2.32. The Morgan fingerprint density at radius 1 is 1.36 bits per heavy atom. The molecular weight excluding hydrogens is 369 g/mol. The number of aliphatic hydroxyl groups is 1. The van der Waals surface area contributed by atoms with E-state index in [4.69, 9.17) is 19.3 Å². The third-order valence-electron chi connectivity index (χ3n) is 4.78. The lowest BCUT2D eigenvalue weighted by Gasteiger charge is -2.22. The largest absolute Gasteiger partial charge is 0.441 e.